The molecule has 0 aliphatic heterocycles. The molecular formula is C7H14O3P+. The van der Waals surface area contributed by atoms with Crippen LogP contribution in [0.25, 0.3) is 0 Å². The van der Waals surface area contributed by atoms with Gasteiger partial charge in [0.15, 0.2) is 7.49 Å². The Morgan fingerprint density at radius 3 is 2.00 bits per heavy atom. The third-order valence-electron chi connectivity index (χ3n) is 0.769. The standard InChI is InChI=1S/C7H14O3P/c1-6(8)5-7(9)10-11(2,3)4/h5H2,1-4H3/q+1. The van der Waals surface area contributed by atoms with Gasteiger partial charge in [-0.15, -0.1) is 0 Å². The van der Waals surface area contributed by atoms with E-state index in [4.69, 9.17) is 4.52 Å². The summed E-state index contributed by atoms with van der Waals surface area (Å²) in [6, 6.07) is 0. The summed E-state index contributed by atoms with van der Waals surface area (Å²) in [5.74, 6) is -0.554. The van der Waals surface area contributed by atoms with Crippen molar-refractivity contribution < 1.29 is 14.1 Å². The molecule has 64 valence electrons. The number of ketones is 1. The van der Waals surface area contributed by atoms with Crippen LogP contribution in [0.15, 0.2) is 0 Å². The zero-order valence-electron chi connectivity index (χ0n) is 7.38. The molecule has 0 unspecified atom stereocenters. The molecule has 0 amide bonds. The van der Waals surface area contributed by atoms with Crippen molar-refractivity contribution in [3.63, 3.8) is 0 Å². The van der Waals surface area contributed by atoms with Crippen molar-refractivity contribution in [2.24, 2.45) is 0 Å². The second-order valence-electron chi connectivity index (χ2n) is 3.23. The van der Waals surface area contributed by atoms with Crippen LogP contribution in [-0.2, 0) is 14.1 Å². The quantitative estimate of drug-likeness (QED) is 0.482. The maximum atomic E-state index is 10.9. The predicted molar refractivity (Wildman–Crippen MR) is 46.1 cm³/mol. The molecule has 0 saturated heterocycles. The first kappa shape index (κ1) is 10.6. The van der Waals surface area contributed by atoms with Crippen LogP contribution in [0.1, 0.15) is 13.3 Å². The van der Waals surface area contributed by atoms with Crippen LogP contribution >= 0.6 is 7.49 Å². The van der Waals surface area contributed by atoms with Crippen LogP contribution in [0.5, 0.6) is 0 Å². The Labute approximate surface area is 67.5 Å². The molecule has 0 fully saturated rings. The zero-order valence-corrected chi connectivity index (χ0v) is 8.27. The summed E-state index contributed by atoms with van der Waals surface area (Å²) < 4.78 is 5.00. The van der Waals surface area contributed by atoms with Crippen LogP contribution < -0.4 is 0 Å². The molecule has 0 saturated carbocycles. The highest BCUT2D eigenvalue weighted by Crippen LogP contribution is 2.47. The normalized spacial score (nSPS) is 10.9. The van der Waals surface area contributed by atoms with Crippen LogP contribution in [0.2, 0.25) is 0 Å². The van der Waals surface area contributed by atoms with E-state index >= 15 is 0 Å². The van der Waals surface area contributed by atoms with E-state index in [0.29, 0.717) is 0 Å². The van der Waals surface area contributed by atoms with E-state index in [2.05, 4.69) is 0 Å². The van der Waals surface area contributed by atoms with Crippen molar-refractivity contribution in [1.82, 2.24) is 0 Å². The highest BCUT2D eigenvalue weighted by molar-refractivity contribution is 7.69. The van der Waals surface area contributed by atoms with Gasteiger partial charge in [-0.1, -0.05) is 0 Å². The van der Waals surface area contributed by atoms with Crippen LogP contribution in [0.3, 0.4) is 0 Å². The lowest BCUT2D eigenvalue weighted by molar-refractivity contribution is -0.137. The van der Waals surface area contributed by atoms with Gasteiger partial charge >= 0.3 is 5.97 Å². The first-order valence-corrected chi connectivity index (χ1v) is 6.39. The molecule has 3 nitrogen and oxygen atoms in total. The summed E-state index contributed by atoms with van der Waals surface area (Å²) in [5, 5.41) is 0. The molecule has 0 spiro atoms. The van der Waals surface area contributed by atoms with Crippen molar-refractivity contribution in [2.45, 2.75) is 13.3 Å². The van der Waals surface area contributed by atoms with Crippen molar-refractivity contribution in [2.75, 3.05) is 20.0 Å². The molecule has 0 aliphatic carbocycles. The summed E-state index contributed by atoms with van der Waals surface area (Å²) >= 11 is 0. The van der Waals surface area contributed by atoms with Gasteiger partial charge in [-0.2, -0.15) is 0 Å². The van der Waals surface area contributed by atoms with E-state index in [-0.39, 0.29) is 12.2 Å². The Bertz CT molecular complexity index is 169. The van der Waals surface area contributed by atoms with Gasteiger partial charge in [0.2, 0.25) is 0 Å². The molecule has 0 aliphatic rings. The van der Waals surface area contributed by atoms with Crippen molar-refractivity contribution >= 4 is 19.2 Å². The lowest BCUT2D eigenvalue weighted by Crippen LogP contribution is -2.08. The molecule has 0 aromatic heterocycles. The number of rotatable bonds is 3. The number of hydrogen-bond donors (Lipinski definition) is 0. The molecule has 0 bridgehead atoms. The van der Waals surface area contributed by atoms with E-state index in [0.717, 1.165) is 0 Å². The third-order valence-corrected chi connectivity index (χ3v) is 1.52. The summed E-state index contributed by atoms with van der Waals surface area (Å²) in [6.45, 7) is 7.02. The zero-order chi connectivity index (χ0) is 9.07. The SMILES string of the molecule is CC(=O)CC(=O)O[P+](C)(C)C. The summed E-state index contributed by atoms with van der Waals surface area (Å²) in [6.07, 6.45) is -0.0999. The third kappa shape index (κ3) is 7.47. The average Bonchev–Trinajstić information content (AvgIpc) is 1.53. The minimum atomic E-state index is -1.53. The van der Waals surface area contributed by atoms with Gasteiger partial charge in [0, 0.05) is 0 Å². The van der Waals surface area contributed by atoms with Gasteiger partial charge in [0.25, 0.3) is 0 Å². The highest BCUT2D eigenvalue weighted by Gasteiger charge is 2.24. The van der Waals surface area contributed by atoms with Gasteiger partial charge in [-0.05, 0) is 6.92 Å². The average molecular weight is 177 g/mol. The first-order chi connectivity index (χ1) is 4.81. The molecule has 0 rings (SSSR count). The topological polar surface area (TPSA) is 43.4 Å². The maximum Gasteiger partial charge on any atom is 0.357 e. The predicted octanol–water partition coefficient (Wildman–Crippen LogP) is 1.33. The molecule has 0 aromatic carbocycles. The Morgan fingerprint density at radius 1 is 1.27 bits per heavy atom. The van der Waals surface area contributed by atoms with E-state index < -0.39 is 13.5 Å². The van der Waals surface area contributed by atoms with E-state index in [9.17, 15) is 9.59 Å². The summed E-state index contributed by atoms with van der Waals surface area (Å²) in [4.78, 5) is 21.3. The van der Waals surface area contributed by atoms with Gasteiger partial charge in [0.1, 0.15) is 12.2 Å². The largest absolute Gasteiger partial charge is 0.357 e. The van der Waals surface area contributed by atoms with E-state index in [1.165, 1.54) is 6.92 Å². The smallest absolute Gasteiger partial charge is 0.314 e. The fraction of sp³-hybridized carbons (Fsp3) is 0.714. The molecule has 0 radical (unpaired) electrons. The highest BCUT2D eigenvalue weighted by atomic mass is 31.2. The maximum absolute atomic E-state index is 10.9. The van der Waals surface area contributed by atoms with Gasteiger partial charge in [0.05, 0.1) is 20.0 Å². The molecule has 0 N–H and O–H groups in total. The summed E-state index contributed by atoms with van der Waals surface area (Å²) in [5.41, 5.74) is 0. The Hall–Kier alpha value is -0.430. The molecular weight excluding hydrogens is 163 g/mol. The first-order valence-electron chi connectivity index (χ1n) is 3.34. The Morgan fingerprint density at radius 2 is 1.73 bits per heavy atom. The molecule has 11 heavy (non-hydrogen) atoms. The van der Waals surface area contributed by atoms with Crippen molar-refractivity contribution in [1.29, 1.82) is 0 Å². The molecule has 0 atom stereocenters. The van der Waals surface area contributed by atoms with Crippen LogP contribution in [-0.4, -0.2) is 31.7 Å². The van der Waals surface area contributed by atoms with Crippen LogP contribution in [0, 0.1) is 0 Å². The number of carbonyl (C=O) groups excluding carboxylic acids is 2. The van der Waals surface area contributed by atoms with Crippen molar-refractivity contribution in [3.05, 3.63) is 0 Å². The Balaban J connectivity index is 3.80. The van der Waals surface area contributed by atoms with Crippen LogP contribution in [0.4, 0.5) is 0 Å². The monoisotopic (exact) mass is 177 g/mol. The van der Waals surface area contributed by atoms with Gasteiger partial charge in [-0.3, -0.25) is 4.79 Å². The van der Waals surface area contributed by atoms with Gasteiger partial charge in [-0.25, -0.2) is 4.79 Å². The molecule has 0 aromatic rings. The summed E-state index contributed by atoms with van der Waals surface area (Å²) in [7, 11) is -1.53. The fourth-order valence-electron chi connectivity index (χ4n) is 0.541. The second-order valence-corrected chi connectivity index (χ2v) is 7.19. The fourth-order valence-corrected chi connectivity index (χ4v) is 1.22. The minimum absolute atomic E-state index is 0.0999. The lowest BCUT2D eigenvalue weighted by Gasteiger charge is -2.09. The number of Topliss-reactive ketones (excluding diaryl/α,β-unsaturated/α-hetero) is 1. The molecule has 0 heterocycles. The molecule has 4 heteroatoms. The van der Waals surface area contributed by atoms with E-state index in [1.54, 1.807) is 0 Å². The minimum Gasteiger partial charge on any atom is -0.314 e. The van der Waals surface area contributed by atoms with Gasteiger partial charge < -0.3 is 4.52 Å². The lowest BCUT2D eigenvalue weighted by atomic mass is 10.3. The number of carbonyl (C=O) groups is 2. The number of hydrogen-bond acceptors (Lipinski definition) is 3. The second kappa shape index (κ2) is 3.82. The Kier molecular flexibility index (Phi) is 3.67. The van der Waals surface area contributed by atoms with E-state index in [1.807, 2.05) is 20.0 Å². The van der Waals surface area contributed by atoms with Crippen molar-refractivity contribution in [3.8, 4) is 0 Å².